The standard InChI is InChI=1S/C16H21N3OS/c1-19(2)14-4-3-5-15(8-14)20-10-13-11-21-16(18-13)9-17-12-6-7-12/h3-5,8,11-12,17H,6-7,9-10H2,1-2H3. The molecule has 1 fully saturated rings. The quantitative estimate of drug-likeness (QED) is 0.853. The Balaban J connectivity index is 1.53. The highest BCUT2D eigenvalue weighted by atomic mass is 32.1. The number of nitrogens with zero attached hydrogens (tertiary/aromatic N) is 2. The Morgan fingerprint density at radius 2 is 2.24 bits per heavy atom. The van der Waals surface area contributed by atoms with Crippen molar-refractivity contribution in [2.45, 2.75) is 32.0 Å². The van der Waals surface area contributed by atoms with Crippen LogP contribution in [0.1, 0.15) is 23.5 Å². The Morgan fingerprint density at radius 3 is 3.00 bits per heavy atom. The predicted molar refractivity (Wildman–Crippen MR) is 87.1 cm³/mol. The van der Waals surface area contributed by atoms with Crippen LogP contribution < -0.4 is 15.0 Å². The van der Waals surface area contributed by atoms with E-state index in [-0.39, 0.29) is 0 Å². The number of hydrogen-bond acceptors (Lipinski definition) is 5. The number of anilines is 1. The van der Waals surface area contributed by atoms with Gasteiger partial charge >= 0.3 is 0 Å². The lowest BCUT2D eigenvalue weighted by Crippen LogP contribution is -2.15. The Labute approximate surface area is 129 Å². The fourth-order valence-electron chi connectivity index (χ4n) is 2.02. The topological polar surface area (TPSA) is 37.4 Å². The molecule has 1 aliphatic carbocycles. The maximum atomic E-state index is 5.83. The highest BCUT2D eigenvalue weighted by molar-refractivity contribution is 7.09. The Kier molecular flexibility index (Phi) is 4.41. The van der Waals surface area contributed by atoms with E-state index in [1.165, 1.54) is 12.8 Å². The molecule has 0 aliphatic heterocycles. The van der Waals surface area contributed by atoms with Gasteiger partial charge in [0.05, 0.1) is 5.69 Å². The van der Waals surface area contributed by atoms with E-state index in [4.69, 9.17) is 4.74 Å². The van der Waals surface area contributed by atoms with Crippen LogP contribution in [0.5, 0.6) is 5.75 Å². The van der Waals surface area contributed by atoms with Gasteiger partial charge in [-0.1, -0.05) is 6.07 Å². The van der Waals surface area contributed by atoms with Gasteiger partial charge in [0.25, 0.3) is 0 Å². The molecule has 1 aromatic carbocycles. The van der Waals surface area contributed by atoms with Crippen molar-refractivity contribution in [2.24, 2.45) is 0 Å². The van der Waals surface area contributed by atoms with Crippen molar-refractivity contribution < 1.29 is 4.74 Å². The summed E-state index contributed by atoms with van der Waals surface area (Å²) in [5.74, 6) is 0.881. The van der Waals surface area contributed by atoms with Gasteiger partial charge in [-0.2, -0.15) is 0 Å². The summed E-state index contributed by atoms with van der Waals surface area (Å²) in [6.45, 7) is 1.41. The van der Waals surface area contributed by atoms with Crippen LogP contribution in [-0.4, -0.2) is 25.1 Å². The van der Waals surface area contributed by atoms with Gasteiger partial charge in [0.2, 0.25) is 0 Å². The summed E-state index contributed by atoms with van der Waals surface area (Å²) in [4.78, 5) is 6.67. The van der Waals surface area contributed by atoms with Crippen LogP contribution in [-0.2, 0) is 13.2 Å². The van der Waals surface area contributed by atoms with E-state index in [2.05, 4.69) is 26.6 Å². The van der Waals surface area contributed by atoms with Crippen LogP contribution in [0.25, 0.3) is 0 Å². The van der Waals surface area contributed by atoms with Crippen molar-refractivity contribution >= 4 is 17.0 Å². The largest absolute Gasteiger partial charge is 0.487 e. The van der Waals surface area contributed by atoms with Crippen LogP contribution in [0.2, 0.25) is 0 Å². The van der Waals surface area contributed by atoms with Gasteiger partial charge in [-0.15, -0.1) is 11.3 Å². The summed E-state index contributed by atoms with van der Waals surface area (Å²) in [7, 11) is 4.05. The van der Waals surface area contributed by atoms with E-state index >= 15 is 0 Å². The van der Waals surface area contributed by atoms with Gasteiger partial charge in [0.1, 0.15) is 17.4 Å². The van der Waals surface area contributed by atoms with Crippen LogP contribution in [0.4, 0.5) is 5.69 Å². The first-order chi connectivity index (χ1) is 10.2. The Bertz CT molecular complexity index is 593. The molecule has 4 nitrogen and oxygen atoms in total. The molecular weight excluding hydrogens is 282 g/mol. The van der Waals surface area contributed by atoms with E-state index in [1.54, 1.807) is 11.3 Å². The van der Waals surface area contributed by atoms with Crippen molar-refractivity contribution in [2.75, 3.05) is 19.0 Å². The molecule has 2 aromatic rings. The molecule has 1 N–H and O–H groups in total. The number of rotatable bonds is 7. The SMILES string of the molecule is CN(C)c1cccc(OCc2csc(CNC3CC3)n2)c1. The summed E-state index contributed by atoms with van der Waals surface area (Å²) in [6, 6.07) is 8.83. The lowest BCUT2D eigenvalue weighted by atomic mass is 10.3. The molecular formula is C16H21N3OS. The number of benzene rings is 1. The second-order valence-corrected chi connectivity index (χ2v) is 6.51. The van der Waals surface area contributed by atoms with E-state index in [0.29, 0.717) is 6.61 Å². The van der Waals surface area contributed by atoms with E-state index in [0.717, 1.165) is 34.7 Å². The molecule has 21 heavy (non-hydrogen) atoms. The minimum absolute atomic E-state index is 0.525. The molecule has 0 radical (unpaired) electrons. The number of aromatic nitrogens is 1. The molecule has 112 valence electrons. The molecule has 3 rings (SSSR count). The van der Waals surface area contributed by atoms with Gasteiger partial charge in [-0.25, -0.2) is 4.98 Å². The lowest BCUT2D eigenvalue weighted by Gasteiger charge is -2.13. The molecule has 1 saturated carbocycles. The zero-order chi connectivity index (χ0) is 14.7. The van der Waals surface area contributed by atoms with Crippen LogP contribution >= 0.6 is 11.3 Å². The van der Waals surface area contributed by atoms with Crippen molar-refractivity contribution in [1.82, 2.24) is 10.3 Å². The number of ether oxygens (including phenoxy) is 1. The third kappa shape index (κ3) is 4.19. The molecule has 0 amide bonds. The summed E-state index contributed by atoms with van der Waals surface area (Å²) >= 11 is 1.70. The minimum Gasteiger partial charge on any atom is -0.487 e. The van der Waals surface area contributed by atoms with Gasteiger partial charge in [0.15, 0.2) is 0 Å². The number of nitrogens with one attached hydrogen (secondary N) is 1. The third-order valence-corrected chi connectivity index (χ3v) is 4.34. The maximum Gasteiger partial charge on any atom is 0.131 e. The average Bonchev–Trinajstić information content (AvgIpc) is 3.21. The number of thiazole rings is 1. The van der Waals surface area contributed by atoms with Crippen molar-refractivity contribution in [3.8, 4) is 5.75 Å². The zero-order valence-corrected chi connectivity index (χ0v) is 13.3. The fraction of sp³-hybridized carbons (Fsp3) is 0.438. The molecule has 1 heterocycles. The van der Waals surface area contributed by atoms with Crippen molar-refractivity contribution in [3.63, 3.8) is 0 Å². The maximum absolute atomic E-state index is 5.83. The first-order valence-corrected chi connectivity index (χ1v) is 8.15. The van der Waals surface area contributed by atoms with E-state index in [1.807, 2.05) is 32.3 Å². The monoisotopic (exact) mass is 303 g/mol. The van der Waals surface area contributed by atoms with Crippen LogP contribution in [0.15, 0.2) is 29.6 Å². The second-order valence-electron chi connectivity index (χ2n) is 5.57. The Morgan fingerprint density at radius 1 is 1.38 bits per heavy atom. The first kappa shape index (κ1) is 14.4. The van der Waals surface area contributed by atoms with E-state index < -0.39 is 0 Å². The molecule has 0 atom stereocenters. The summed E-state index contributed by atoms with van der Waals surface area (Å²) < 4.78 is 5.83. The van der Waals surface area contributed by atoms with Crippen molar-refractivity contribution in [1.29, 1.82) is 0 Å². The molecule has 5 heteroatoms. The molecule has 0 bridgehead atoms. The molecule has 1 aliphatic rings. The smallest absolute Gasteiger partial charge is 0.131 e. The van der Waals surface area contributed by atoms with Crippen LogP contribution in [0.3, 0.4) is 0 Å². The minimum atomic E-state index is 0.525. The van der Waals surface area contributed by atoms with E-state index in [9.17, 15) is 0 Å². The fourth-order valence-corrected chi connectivity index (χ4v) is 2.75. The highest BCUT2D eigenvalue weighted by Gasteiger charge is 2.20. The lowest BCUT2D eigenvalue weighted by molar-refractivity contribution is 0.302. The molecule has 0 spiro atoms. The Hall–Kier alpha value is -1.59. The van der Waals surface area contributed by atoms with Gasteiger partial charge in [0, 0.05) is 43.8 Å². The zero-order valence-electron chi connectivity index (χ0n) is 12.5. The van der Waals surface area contributed by atoms with Gasteiger partial charge in [-0.05, 0) is 25.0 Å². The highest BCUT2D eigenvalue weighted by Crippen LogP contribution is 2.22. The molecule has 0 saturated heterocycles. The summed E-state index contributed by atoms with van der Waals surface area (Å²) in [5, 5.41) is 6.71. The van der Waals surface area contributed by atoms with Crippen LogP contribution in [0, 0.1) is 0 Å². The molecule has 0 unspecified atom stereocenters. The number of hydrogen-bond donors (Lipinski definition) is 1. The first-order valence-electron chi connectivity index (χ1n) is 7.27. The molecule has 1 aromatic heterocycles. The van der Waals surface area contributed by atoms with Crippen molar-refractivity contribution in [3.05, 3.63) is 40.3 Å². The summed E-state index contributed by atoms with van der Waals surface area (Å²) in [6.07, 6.45) is 2.62. The third-order valence-electron chi connectivity index (χ3n) is 3.44. The average molecular weight is 303 g/mol. The predicted octanol–water partition coefficient (Wildman–Crippen LogP) is 3.04. The van der Waals surface area contributed by atoms with Gasteiger partial charge in [-0.3, -0.25) is 0 Å². The van der Waals surface area contributed by atoms with Gasteiger partial charge < -0.3 is 15.0 Å². The summed E-state index contributed by atoms with van der Waals surface area (Å²) in [5.41, 5.74) is 2.14. The second kappa shape index (κ2) is 6.45. The normalized spacial score (nSPS) is 14.2.